The molecule has 108 valence electrons. The largest absolute Gasteiger partial charge is 0.396 e. The first-order chi connectivity index (χ1) is 9.52. The van der Waals surface area contributed by atoms with Gasteiger partial charge >= 0.3 is 0 Å². The minimum absolute atomic E-state index is 0.0860. The number of nitrogens with two attached hydrogens (primary N) is 1. The molecule has 0 bridgehead atoms. The highest BCUT2D eigenvalue weighted by Crippen LogP contribution is 2.27. The molecule has 0 aliphatic rings. The normalized spacial score (nSPS) is 12.8. The molecular formula is C14H18FN3O2. The van der Waals surface area contributed by atoms with Crippen LogP contribution in [0.1, 0.15) is 32.7 Å². The standard InChI is InChI=1S/C14H18FN3O2/c1-4-19-12(8(2)3)13-17-14(20-18-13)9-5-6-11(16)10(15)7-9/h5-8,12H,4,16H2,1-3H3. The molecule has 1 heterocycles. The number of benzene rings is 1. The molecule has 2 rings (SSSR count). The van der Waals surface area contributed by atoms with Gasteiger partial charge in [-0.15, -0.1) is 0 Å². The Bertz CT molecular complexity index is 584. The van der Waals surface area contributed by atoms with Crippen molar-refractivity contribution in [3.05, 3.63) is 29.8 Å². The number of hydrogen-bond acceptors (Lipinski definition) is 5. The van der Waals surface area contributed by atoms with Crippen LogP contribution in [0.3, 0.4) is 0 Å². The fourth-order valence-electron chi connectivity index (χ4n) is 1.87. The van der Waals surface area contributed by atoms with Crippen LogP contribution in [0.2, 0.25) is 0 Å². The molecule has 0 aliphatic heterocycles. The highest BCUT2D eigenvalue weighted by Gasteiger charge is 2.22. The molecule has 0 saturated carbocycles. The average molecular weight is 279 g/mol. The van der Waals surface area contributed by atoms with Gasteiger partial charge in [-0.2, -0.15) is 4.98 Å². The van der Waals surface area contributed by atoms with E-state index in [2.05, 4.69) is 10.1 Å². The maximum Gasteiger partial charge on any atom is 0.258 e. The van der Waals surface area contributed by atoms with Crippen LogP contribution in [0.15, 0.2) is 22.7 Å². The predicted octanol–water partition coefficient (Wildman–Crippen LogP) is 3.19. The summed E-state index contributed by atoms with van der Waals surface area (Å²) in [5, 5.41) is 3.92. The van der Waals surface area contributed by atoms with Gasteiger partial charge in [0.15, 0.2) is 0 Å². The van der Waals surface area contributed by atoms with Crippen LogP contribution in [0, 0.1) is 11.7 Å². The SMILES string of the molecule is CCOC(c1noc(-c2ccc(N)c(F)c2)n1)C(C)C. The minimum Gasteiger partial charge on any atom is -0.396 e. The summed E-state index contributed by atoms with van der Waals surface area (Å²) in [5.41, 5.74) is 6.02. The van der Waals surface area contributed by atoms with Crippen molar-refractivity contribution in [1.29, 1.82) is 0 Å². The van der Waals surface area contributed by atoms with Crippen LogP contribution in [-0.2, 0) is 4.74 Å². The van der Waals surface area contributed by atoms with Gasteiger partial charge in [0.2, 0.25) is 5.82 Å². The number of hydrogen-bond donors (Lipinski definition) is 1. The molecule has 1 aromatic carbocycles. The molecule has 0 radical (unpaired) electrons. The Labute approximate surface area is 116 Å². The zero-order chi connectivity index (χ0) is 14.7. The van der Waals surface area contributed by atoms with E-state index in [0.717, 1.165) is 0 Å². The summed E-state index contributed by atoms with van der Waals surface area (Å²) in [5.74, 6) is 0.425. The highest BCUT2D eigenvalue weighted by molar-refractivity contribution is 5.57. The number of nitrogen functional groups attached to an aromatic ring is 1. The first-order valence-corrected chi connectivity index (χ1v) is 6.53. The Balaban J connectivity index is 2.29. The van der Waals surface area contributed by atoms with Crippen molar-refractivity contribution in [2.75, 3.05) is 12.3 Å². The van der Waals surface area contributed by atoms with Gasteiger partial charge in [-0.25, -0.2) is 4.39 Å². The summed E-state index contributed by atoms with van der Waals surface area (Å²) >= 11 is 0. The fraction of sp³-hybridized carbons (Fsp3) is 0.429. The molecule has 1 unspecified atom stereocenters. The number of rotatable bonds is 5. The second-order valence-corrected chi connectivity index (χ2v) is 4.81. The fourth-order valence-corrected chi connectivity index (χ4v) is 1.87. The van der Waals surface area contributed by atoms with Gasteiger partial charge in [0.05, 0.1) is 5.69 Å². The van der Waals surface area contributed by atoms with Crippen LogP contribution >= 0.6 is 0 Å². The smallest absolute Gasteiger partial charge is 0.258 e. The lowest BCUT2D eigenvalue weighted by Gasteiger charge is -2.16. The summed E-state index contributed by atoms with van der Waals surface area (Å²) in [6, 6.07) is 4.38. The summed E-state index contributed by atoms with van der Waals surface area (Å²) in [6.45, 7) is 6.49. The topological polar surface area (TPSA) is 74.2 Å². The van der Waals surface area contributed by atoms with Gasteiger partial charge in [0, 0.05) is 12.2 Å². The van der Waals surface area contributed by atoms with Crippen molar-refractivity contribution >= 4 is 5.69 Å². The Morgan fingerprint density at radius 2 is 2.15 bits per heavy atom. The molecule has 5 nitrogen and oxygen atoms in total. The average Bonchev–Trinajstić information content (AvgIpc) is 2.88. The lowest BCUT2D eigenvalue weighted by molar-refractivity contribution is 0.0217. The van der Waals surface area contributed by atoms with E-state index in [1.807, 2.05) is 20.8 Å². The van der Waals surface area contributed by atoms with Crippen LogP contribution in [0.5, 0.6) is 0 Å². The van der Waals surface area contributed by atoms with Gasteiger partial charge < -0.3 is 15.0 Å². The second kappa shape index (κ2) is 6.00. The number of nitrogens with zero attached hydrogens (tertiary/aromatic N) is 2. The summed E-state index contributed by atoms with van der Waals surface area (Å²) in [7, 11) is 0. The van der Waals surface area contributed by atoms with E-state index >= 15 is 0 Å². The maximum absolute atomic E-state index is 13.4. The van der Waals surface area contributed by atoms with Gasteiger partial charge in [-0.1, -0.05) is 19.0 Å². The molecule has 1 atom stereocenters. The molecule has 20 heavy (non-hydrogen) atoms. The summed E-state index contributed by atoms with van der Waals surface area (Å²) in [4.78, 5) is 4.28. The number of ether oxygens (including phenoxy) is 1. The van der Waals surface area contributed by atoms with Crippen molar-refractivity contribution in [3.63, 3.8) is 0 Å². The molecule has 6 heteroatoms. The Morgan fingerprint density at radius 1 is 1.40 bits per heavy atom. The Kier molecular flexibility index (Phi) is 4.34. The predicted molar refractivity (Wildman–Crippen MR) is 73.3 cm³/mol. The molecule has 0 spiro atoms. The van der Waals surface area contributed by atoms with Crippen molar-refractivity contribution in [1.82, 2.24) is 10.1 Å². The number of halogens is 1. The Hall–Kier alpha value is -1.95. The van der Waals surface area contributed by atoms with Gasteiger partial charge in [0.1, 0.15) is 11.9 Å². The molecule has 0 saturated heterocycles. The number of aromatic nitrogens is 2. The van der Waals surface area contributed by atoms with Gasteiger partial charge in [-0.05, 0) is 31.0 Å². The molecule has 0 fully saturated rings. The third kappa shape index (κ3) is 2.96. The first kappa shape index (κ1) is 14.5. The monoisotopic (exact) mass is 279 g/mol. The van der Waals surface area contributed by atoms with Crippen LogP contribution in [0.4, 0.5) is 10.1 Å². The van der Waals surface area contributed by atoms with Crippen molar-refractivity contribution in [2.24, 2.45) is 5.92 Å². The van der Waals surface area contributed by atoms with Crippen molar-refractivity contribution < 1.29 is 13.7 Å². The van der Waals surface area contributed by atoms with E-state index in [1.54, 1.807) is 6.07 Å². The summed E-state index contributed by atoms with van der Waals surface area (Å²) < 4.78 is 24.2. The zero-order valence-electron chi connectivity index (χ0n) is 11.8. The van der Waals surface area contributed by atoms with Crippen LogP contribution in [0.25, 0.3) is 11.5 Å². The lowest BCUT2D eigenvalue weighted by atomic mass is 10.1. The minimum atomic E-state index is -0.507. The molecular weight excluding hydrogens is 261 g/mol. The van der Waals surface area contributed by atoms with Gasteiger partial charge in [0.25, 0.3) is 5.89 Å². The highest BCUT2D eigenvalue weighted by atomic mass is 19.1. The molecule has 1 aromatic heterocycles. The third-order valence-electron chi connectivity index (χ3n) is 2.90. The lowest BCUT2D eigenvalue weighted by Crippen LogP contribution is -2.12. The number of anilines is 1. The third-order valence-corrected chi connectivity index (χ3v) is 2.90. The van der Waals surface area contributed by atoms with E-state index in [4.69, 9.17) is 15.0 Å². The van der Waals surface area contributed by atoms with Crippen molar-refractivity contribution in [3.8, 4) is 11.5 Å². The van der Waals surface area contributed by atoms with Crippen LogP contribution < -0.4 is 5.73 Å². The zero-order valence-corrected chi connectivity index (χ0v) is 11.8. The Morgan fingerprint density at radius 3 is 2.75 bits per heavy atom. The van der Waals surface area contributed by atoms with Crippen LogP contribution in [-0.4, -0.2) is 16.7 Å². The van der Waals surface area contributed by atoms with E-state index in [1.165, 1.54) is 12.1 Å². The first-order valence-electron chi connectivity index (χ1n) is 6.53. The molecule has 0 amide bonds. The summed E-state index contributed by atoms with van der Waals surface area (Å²) in [6.07, 6.45) is -0.240. The van der Waals surface area contributed by atoms with E-state index < -0.39 is 5.82 Å². The van der Waals surface area contributed by atoms with E-state index in [-0.39, 0.29) is 23.6 Å². The van der Waals surface area contributed by atoms with E-state index in [0.29, 0.717) is 18.0 Å². The molecule has 2 aromatic rings. The quantitative estimate of drug-likeness (QED) is 0.851. The molecule has 0 aliphatic carbocycles. The maximum atomic E-state index is 13.4. The van der Waals surface area contributed by atoms with Gasteiger partial charge in [-0.3, -0.25) is 0 Å². The molecule has 2 N–H and O–H groups in total. The van der Waals surface area contributed by atoms with E-state index in [9.17, 15) is 4.39 Å². The second-order valence-electron chi connectivity index (χ2n) is 4.81. The van der Waals surface area contributed by atoms with Crippen molar-refractivity contribution in [2.45, 2.75) is 26.9 Å².